The average Bonchev–Trinajstić information content (AvgIpc) is 2.46. The van der Waals surface area contributed by atoms with Crippen LogP contribution in [-0.2, 0) is 14.6 Å². The van der Waals surface area contributed by atoms with Gasteiger partial charge in [0.1, 0.15) is 0 Å². The van der Waals surface area contributed by atoms with Gasteiger partial charge in [-0.05, 0) is 30.3 Å². The highest BCUT2D eigenvalue weighted by Crippen LogP contribution is 2.15. The molecule has 6 heteroatoms. The molecule has 110 valence electrons. The largest absolute Gasteiger partial charge is 0.376 e. The Morgan fingerprint density at radius 1 is 1.00 bits per heavy atom. The summed E-state index contributed by atoms with van der Waals surface area (Å²) in [7, 11) is -3.28. The number of rotatable bonds is 5. The van der Waals surface area contributed by atoms with Crippen LogP contribution in [0, 0.1) is 0 Å². The van der Waals surface area contributed by atoms with Gasteiger partial charge in [0, 0.05) is 17.6 Å². The van der Waals surface area contributed by atoms with E-state index in [1.807, 2.05) is 30.3 Å². The van der Waals surface area contributed by atoms with E-state index in [0.717, 1.165) is 11.9 Å². The maximum absolute atomic E-state index is 11.8. The van der Waals surface area contributed by atoms with Crippen molar-refractivity contribution in [2.75, 3.05) is 23.4 Å². The normalized spacial score (nSPS) is 10.9. The van der Waals surface area contributed by atoms with Gasteiger partial charge in [0.05, 0.1) is 11.4 Å². The molecule has 0 spiro atoms. The molecule has 0 heterocycles. The van der Waals surface area contributed by atoms with Gasteiger partial charge in [-0.3, -0.25) is 4.79 Å². The van der Waals surface area contributed by atoms with Crippen molar-refractivity contribution in [1.82, 2.24) is 0 Å². The Morgan fingerprint density at radius 2 is 1.67 bits per heavy atom. The molecule has 0 bridgehead atoms. The summed E-state index contributed by atoms with van der Waals surface area (Å²) in [6.07, 6.45) is 1.13. The van der Waals surface area contributed by atoms with Gasteiger partial charge in [0.15, 0.2) is 9.84 Å². The van der Waals surface area contributed by atoms with Crippen molar-refractivity contribution in [3.8, 4) is 0 Å². The number of hydrogen-bond acceptors (Lipinski definition) is 4. The first kappa shape index (κ1) is 15.1. The van der Waals surface area contributed by atoms with Crippen molar-refractivity contribution in [1.29, 1.82) is 0 Å². The molecule has 2 N–H and O–H groups in total. The van der Waals surface area contributed by atoms with Gasteiger partial charge >= 0.3 is 0 Å². The molecule has 1 amide bonds. The molecular weight excluding hydrogens is 288 g/mol. The zero-order valence-electron chi connectivity index (χ0n) is 11.5. The summed E-state index contributed by atoms with van der Waals surface area (Å²) in [5.41, 5.74) is 1.30. The minimum Gasteiger partial charge on any atom is -0.376 e. The van der Waals surface area contributed by atoms with Gasteiger partial charge in [-0.25, -0.2) is 8.42 Å². The van der Waals surface area contributed by atoms with Gasteiger partial charge < -0.3 is 10.6 Å². The SMILES string of the molecule is CS(=O)(=O)c1cccc(NC(=O)CNc2ccccc2)c1. The van der Waals surface area contributed by atoms with Crippen LogP contribution in [0.3, 0.4) is 0 Å². The number of amides is 1. The molecule has 0 aromatic heterocycles. The van der Waals surface area contributed by atoms with Gasteiger partial charge in [0.25, 0.3) is 0 Å². The monoisotopic (exact) mass is 304 g/mol. The van der Waals surface area contributed by atoms with Crippen molar-refractivity contribution in [3.63, 3.8) is 0 Å². The van der Waals surface area contributed by atoms with Gasteiger partial charge in [-0.2, -0.15) is 0 Å². The molecule has 21 heavy (non-hydrogen) atoms. The highest BCUT2D eigenvalue weighted by molar-refractivity contribution is 7.90. The van der Waals surface area contributed by atoms with Crippen molar-refractivity contribution >= 4 is 27.1 Å². The first-order chi connectivity index (χ1) is 9.95. The molecule has 0 atom stereocenters. The van der Waals surface area contributed by atoms with Crippen molar-refractivity contribution in [2.45, 2.75) is 4.90 Å². The van der Waals surface area contributed by atoms with Crippen LogP contribution in [-0.4, -0.2) is 27.1 Å². The third kappa shape index (κ3) is 4.61. The Hall–Kier alpha value is -2.34. The van der Waals surface area contributed by atoms with Crippen LogP contribution < -0.4 is 10.6 Å². The Kier molecular flexibility index (Phi) is 4.59. The van der Waals surface area contributed by atoms with E-state index in [4.69, 9.17) is 0 Å². The van der Waals surface area contributed by atoms with E-state index >= 15 is 0 Å². The molecule has 0 fully saturated rings. The van der Waals surface area contributed by atoms with Crippen LogP contribution >= 0.6 is 0 Å². The molecule has 0 aliphatic heterocycles. The number of benzene rings is 2. The van der Waals surface area contributed by atoms with Crippen molar-refractivity contribution in [3.05, 3.63) is 54.6 Å². The standard InChI is InChI=1S/C15H16N2O3S/c1-21(19,20)14-9-5-8-13(10-14)17-15(18)11-16-12-6-3-2-4-7-12/h2-10,16H,11H2,1H3,(H,17,18). The smallest absolute Gasteiger partial charge is 0.243 e. The lowest BCUT2D eigenvalue weighted by atomic mass is 10.3. The highest BCUT2D eigenvalue weighted by Gasteiger charge is 2.08. The minimum absolute atomic E-state index is 0.104. The maximum atomic E-state index is 11.8. The zero-order chi connectivity index (χ0) is 15.3. The Labute approximate surface area is 123 Å². The average molecular weight is 304 g/mol. The summed E-state index contributed by atoms with van der Waals surface area (Å²) in [6.45, 7) is 0.104. The molecule has 0 aliphatic rings. The Bertz CT molecular complexity index is 728. The Morgan fingerprint density at radius 3 is 2.33 bits per heavy atom. The molecular formula is C15H16N2O3S. The number of carbonyl (C=O) groups excluding carboxylic acids is 1. The lowest BCUT2D eigenvalue weighted by molar-refractivity contribution is -0.114. The number of anilines is 2. The number of sulfone groups is 1. The second-order valence-corrected chi connectivity index (χ2v) is 6.58. The molecule has 5 nitrogen and oxygen atoms in total. The van der Waals surface area contributed by atoms with E-state index in [-0.39, 0.29) is 17.3 Å². The minimum atomic E-state index is -3.28. The Balaban J connectivity index is 1.97. The van der Waals surface area contributed by atoms with E-state index < -0.39 is 9.84 Å². The van der Waals surface area contributed by atoms with E-state index in [9.17, 15) is 13.2 Å². The van der Waals surface area contributed by atoms with Crippen LogP contribution in [0.25, 0.3) is 0 Å². The third-order valence-electron chi connectivity index (χ3n) is 2.77. The quantitative estimate of drug-likeness (QED) is 0.887. The van der Waals surface area contributed by atoms with Crippen LogP contribution in [0.15, 0.2) is 59.5 Å². The fourth-order valence-corrected chi connectivity index (χ4v) is 2.41. The van der Waals surface area contributed by atoms with Crippen LogP contribution in [0.4, 0.5) is 11.4 Å². The van der Waals surface area contributed by atoms with Gasteiger partial charge in [-0.1, -0.05) is 24.3 Å². The third-order valence-corrected chi connectivity index (χ3v) is 3.88. The first-order valence-corrected chi connectivity index (χ1v) is 8.23. The summed E-state index contributed by atoms with van der Waals surface area (Å²) in [5.74, 6) is -0.246. The molecule has 0 aliphatic carbocycles. The molecule has 2 aromatic carbocycles. The number of nitrogens with one attached hydrogen (secondary N) is 2. The predicted molar refractivity (Wildman–Crippen MR) is 83.1 cm³/mol. The second kappa shape index (κ2) is 6.41. The van der Waals surface area contributed by atoms with Gasteiger partial charge in [-0.15, -0.1) is 0 Å². The van der Waals surface area contributed by atoms with E-state index in [0.29, 0.717) is 5.69 Å². The summed E-state index contributed by atoms with van der Waals surface area (Å²) in [6, 6.07) is 15.5. The van der Waals surface area contributed by atoms with Crippen LogP contribution in [0.1, 0.15) is 0 Å². The predicted octanol–water partition coefficient (Wildman–Crippen LogP) is 2.14. The number of para-hydroxylation sites is 1. The van der Waals surface area contributed by atoms with E-state index in [2.05, 4.69) is 10.6 Å². The summed E-state index contributed by atoms with van der Waals surface area (Å²) >= 11 is 0. The lowest BCUT2D eigenvalue weighted by Crippen LogP contribution is -2.21. The van der Waals surface area contributed by atoms with Crippen molar-refractivity contribution < 1.29 is 13.2 Å². The first-order valence-electron chi connectivity index (χ1n) is 6.34. The molecule has 0 radical (unpaired) electrons. The maximum Gasteiger partial charge on any atom is 0.243 e. The van der Waals surface area contributed by atoms with Crippen LogP contribution in [0.5, 0.6) is 0 Å². The van der Waals surface area contributed by atoms with E-state index in [1.165, 1.54) is 12.1 Å². The lowest BCUT2D eigenvalue weighted by Gasteiger charge is -2.08. The second-order valence-electron chi connectivity index (χ2n) is 4.57. The number of hydrogen-bond donors (Lipinski definition) is 2. The number of carbonyl (C=O) groups is 1. The zero-order valence-corrected chi connectivity index (χ0v) is 12.4. The summed E-state index contributed by atoms with van der Waals surface area (Å²) in [4.78, 5) is 12.0. The summed E-state index contributed by atoms with van der Waals surface area (Å²) < 4.78 is 22.9. The topological polar surface area (TPSA) is 75.3 Å². The highest BCUT2D eigenvalue weighted by atomic mass is 32.2. The van der Waals surface area contributed by atoms with Gasteiger partial charge in [0.2, 0.25) is 5.91 Å². The molecule has 0 saturated carbocycles. The van der Waals surface area contributed by atoms with Crippen LogP contribution in [0.2, 0.25) is 0 Å². The fraction of sp³-hybridized carbons (Fsp3) is 0.133. The van der Waals surface area contributed by atoms with Crippen molar-refractivity contribution in [2.24, 2.45) is 0 Å². The molecule has 2 rings (SSSR count). The molecule has 0 unspecified atom stereocenters. The fourth-order valence-electron chi connectivity index (χ4n) is 1.75. The molecule has 2 aromatic rings. The van der Waals surface area contributed by atoms with E-state index in [1.54, 1.807) is 12.1 Å². The summed E-state index contributed by atoms with van der Waals surface area (Å²) in [5, 5.41) is 5.64. The molecule has 0 saturated heterocycles.